The van der Waals surface area contributed by atoms with E-state index in [1.165, 1.54) is 0 Å². The van der Waals surface area contributed by atoms with Gasteiger partial charge in [0, 0.05) is 35.8 Å². The van der Waals surface area contributed by atoms with E-state index in [1.807, 2.05) is 0 Å². The van der Waals surface area contributed by atoms with Gasteiger partial charge in [-0.05, 0) is 18.9 Å². The zero-order chi connectivity index (χ0) is 14.5. The zero-order valence-corrected chi connectivity index (χ0v) is 12.8. The Morgan fingerprint density at radius 3 is 2.95 bits per heavy atom. The number of aliphatic imine (C=N–C) groups is 1. The molecule has 0 amide bonds. The van der Waals surface area contributed by atoms with Crippen LogP contribution in [0.15, 0.2) is 17.1 Å². The highest BCUT2D eigenvalue weighted by Gasteiger charge is 2.23. The summed E-state index contributed by atoms with van der Waals surface area (Å²) in [6.45, 7) is 0.345. The van der Waals surface area contributed by atoms with Crippen molar-refractivity contribution in [3.8, 4) is 0 Å². The van der Waals surface area contributed by atoms with Crippen molar-refractivity contribution in [2.45, 2.75) is 25.9 Å². The third kappa shape index (κ3) is 3.41. The predicted molar refractivity (Wildman–Crippen MR) is 81.5 cm³/mol. The maximum Gasteiger partial charge on any atom is 0.220 e. The minimum atomic E-state index is -1.05. The van der Waals surface area contributed by atoms with Gasteiger partial charge in [-0.3, -0.25) is 4.79 Å². The van der Waals surface area contributed by atoms with Crippen LogP contribution < -0.4 is 0 Å². The molecule has 1 fully saturated rings. The number of halogens is 1. The van der Waals surface area contributed by atoms with Crippen LogP contribution in [-0.2, 0) is 22.5 Å². The van der Waals surface area contributed by atoms with E-state index in [0.29, 0.717) is 46.4 Å². The van der Waals surface area contributed by atoms with Gasteiger partial charge < -0.3 is 9.29 Å². The first-order chi connectivity index (χ1) is 9.67. The van der Waals surface area contributed by atoms with Gasteiger partial charge in [0.05, 0.1) is 17.3 Å². The van der Waals surface area contributed by atoms with Crippen molar-refractivity contribution in [1.82, 2.24) is 0 Å². The molecule has 0 aromatic heterocycles. The van der Waals surface area contributed by atoms with E-state index in [9.17, 15) is 9.35 Å². The van der Waals surface area contributed by atoms with Crippen LogP contribution in [0.3, 0.4) is 0 Å². The summed E-state index contributed by atoms with van der Waals surface area (Å²) in [6.07, 6.45) is 3.34. The highest BCUT2D eigenvalue weighted by Crippen LogP contribution is 2.34. The van der Waals surface area contributed by atoms with Gasteiger partial charge >= 0.3 is 0 Å². The van der Waals surface area contributed by atoms with Crippen molar-refractivity contribution in [1.29, 1.82) is 0 Å². The molecule has 1 aliphatic heterocycles. The molecule has 0 N–H and O–H groups in total. The van der Waals surface area contributed by atoms with Gasteiger partial charge in [0.15, 0.2) is 6.29 Å². The van der Waals surface area contributed by atoms with Crippen molar-refractivity contribution >= 4 is 39.8 Å². The van der Waals surface area contributed by atoms with Gasteiger partial charge in [0.2, 0.25) is 5.04 Å². The number of hydrogen-bond acceptors (Lipinski definition) is 4. The van der Waals surface area contributed by atoms with Gasteiger partial charge in [0.25, 0.3) is 0 Å². The molecule has 20 heavy (non-hydrogen) atoms. The van der Waals surface area contributed by atoms with Crippen LogP contribution in [0.1, 0.15) is 35.2 Å². The number of carbonyl (C=O) groups is 1. The third-order valence-corrected chi connectivity index (χ3v) is 5.00. The van der Waals surface area contributed by atoms with Gasteiger partial charge in [-0.15, -0.1) is 0 Å². The quantitative estimate of drug-likeness (QED) is 0.633. The summed E-state index contributed by atoms with van der Waals surface area (Å²) in [5, 5.41) is 0.947. The van der Waals surface area contributed by atoms with E-state index < -0.39 is 11.2 Å². The molecular weight excluding hydrogens is 298 g/mol. The Kier molecular flexibility index (Phi) is 5.60. The Bertz CT molecular complexity index is 533. The van der Waals surface area contributed by atoms with Crippen LogP contribution >= 0.6 is 11.6 Å². The van der Waals surface area contributed by atoms with Gasteiger partial charge in [0.1, 0.15) is 5.75 Å². The molecular formula is C14H16ClNO3S. The summed E-state index contributed by atoms with van der Waals surface area (Å²) in [5.74, 6) is 0.642. The van der Waals surface area contributed by atoms with E-state index in [-0.39, 0.29) is 0 Å². The Hall–Kier alpha value is -0.880. The second-order valence-electron chi connectivity index (χ2n) is 4.54. The summed E-state index contributed by atoms with van der Waals surface area (Å²) < 4.78 is 17.1. The zero-order valence-electron chi connectivity index (χ0n) is 11.2. The topological polar surface area (TPSA) is 61.7 Å². The standard InChI is InChI=1S/C14H16ClNO3S/c1-19-9-11-6-5-10(8-17)13(15)14(11)16-12-4-2-3-7-20(12)18/h5-6,8H,2-4,7,9H2,1H3. The number of nitrogens with zero attached hydrogens (tertiary/aromatic N) is 1. The molecule has 0 bridgehead atoms. The highest BCUT2D eigenvalue weighted by atomic mass is 35.5. The maximum atomic E-state index is 12.0. The van der Waals surface area contributed by atoms with E-state index in [4.69, 9.17) is 16.3 Å². The van der Waals surface area contributed by atoms with E-state index in [1.54, 1.807) is 19.2 Å². The number of methoxy groups -OCH3 is 1. The SMILES string of the molecule is COCc1ccc(C=O)c(Cl)c1N=C1CCCC[S+]1[O-]. The molecule has 0 saturated carbocycles. The molecule has 1 heterocycles. The molecule has 0 radical (unpaired) electrons. The number of aldehydes is 1. The lowest BCUT2D eigenvalue weighted by Gasteiger charge is -2.18. The lowest BCUT2D eigenvalue weighted by Crippen LogP contribution is -2.23. The second kappa shape index (κ2) is 7.22. The number of benzene rings is 1. The van der Waals surface area contributed by atoms with E-state index >= 15 is 0 Å². The fraction of sp³-hybridized carbons (Fsp3) is 0.429. The first kappa shape index (κ1) is 15.5. The molecule has 1 aromatic rings. The maximum absolute atomic E-state index is 12.0. The summed E-state index contributed by atoms with van der Waals surface area (Å²) in [6, 6.07) is 3.41. The van der Waals surface area contributed by atoms with E-state index in [2.05, 4.69) is 4.99 Å². The lowest BCUT2D eigenvalue weighted by atomic mass is 10.1. The second-order valence-corrected chi connectivity index (χ2v) is 6.49. The number of carbonyl (C=O) groups excluding carboxylic acids is 1. The van der Waals surface area contributed by atoms with Crippen LogP contribution in [0.25, 0.3) is 0 Å². The summed E-state index contributed by atoms with van der Waals surface area (Å²) in [7, 11) is 1.58. The van der Waals surface area contributed by atoms with Crippen molar-refractivity contribution < 1.29 is 14.1 Å². The smallest absolute Gasteiger partial charge is 0.220 e. The molecule has 108 valence electrons. The van der Waals surface area contributed by atoms with Crippen molar-refractivity contribution in [2.75, 3.05) is 12.9 Å². The average molecular weight is 314 g/mol. The molecule has 0 aliphatic carbocycles. The molecule has 1 unspecified atom stereocenters. The number of ether oxygens (including phenoxy) is 1. The first-order valence-electron chi connectivity index (χ1n) is 6.38. The molecule has 4 nitrogen and oxygen atoms in total. The molecule has 1 atom stereocenters. The highest BCUT2D eigenvalue weighted by molar-refractivity contribution is 8.06. The minimum absolute atomic E-state index is 0.296. The van der Waals surface area contributed by atoms with Crippen molar-refractivity contribution in [2.24, 2.45) is 4.99 Å². The largest absolute Gasteiger partial charge is 0.610 e. The fourth-order valence-electron chi connectivity index (χ4n) is 2.08. The van der Waals surface area contributed by atoms with Crippen LogP contribution in [-0.4, -0.2) is 28.7 Å². The molecule has 0 spiro atoms. The third-order valence-electron chi connectivity index (χ3n) is 3.13. The van der Waals surface area contributed by atoms with Crippen LogP contribution in [0.4, 0.5) is 5.69 Å². The number of rotatable bonds is 4. The summed E-state index contributed by atoms with van der Waals surface area (Å²) in [4.78, 5) is 15.5. The summed E-state index contributed by atoms with van der Waals surface area (Å²) in [5.41, 5.74) is 1.68. The summed E-state index contributed by atoms with van der Waals surface area (Å²) >= 11 is 5.18. The molecule has 1 aliphatic rings. The Morgan fingerprint density at radius 2 is 2.30 bits per heavy atom. The van der Waals surface area contributed by atoms with Crippen LogP contribution in [0, 0.1) is 0 Å². The lowest BCUT2D eigenvalue weighted by molar-refractivity contribution is 0.112. The molecule has 2 rings (SSSR count). The Morgan fingerprint density at radius 1 is 1.50 bits per heavy atom. The predicted octanol–water partition coefficient (Wildman–Crippen LogP) is 3.26. The molecule has 1 saturated heterocycles. The van der Waals surface area contributed by atoms with Gasteiger partial charge in [-0.25, -0.2) is 4.99 Å². The first-order valence-corrected chi connectivity index (χ1v) is 8.08. The Labute approximate surface area is 126 Å². The van der Waals surface area contributed by atoms with Crippen molar-refractivity contribution in [3.63, 3.8) is 0 Å². The normalized spacial score (nSPS) is 21.1. The monoisotopic (exact) mass is 313 g/mol. The average Bonchev–Trinajstić information content (AvgIpc) is 2.45. The molecule has 6 heteroatoms. The van der Waals surface area contributed by atoms with Crippen LogP contribution in [0.5, 0.6) is 0 Å². The fourth-order valence-corrected chi connectivity index (χ4v) is 3.61. The van der Waals surface area contributed by atoms with Gasteiger partial charge in [-0.1, -0.05) is 17.7 Å². The number of hydrogen-bond donors (Lipinski definition) is 0. The van der Waals surface area contributed by atoms with Crippen LogP contribution in [0.2, 0.25) is 5.02 Å². The van der Waals surface area contributed by atoms with Crippen molar-refractivity contribution in [3.05, 3.63) is 28.3 Å². The van der Waals surface area contributed by atoms with E-state index in [0.717, 1.165) is 18.4 Å². The van der Waals surface area contributed by atoms with Gasteiger partial charge in [-0.2, -0.15) is 0 Å². The minimum Gasteiger partial charge on any atom is -0.610 e. The molecule has 1 aromatic carbocycles. The Balaban J connectivity index is 2.46.